The van der Waals surface area contributed by atoms with Gasteiger partial charge in [-0.05, 0) is 42.0 Å². The Balaban J connectivity index is 1.92. The first-order valence-corrected chi connectivity index (χ1v) is 6.36. The molecule has 3 heteroatoms. The SMILES string of the molecule is Clc1cc(C2CNCCO2)cc2c1CCC2. The Morgan fingerprint density at radius 1 is 1.31 bits per heavy atom. The Hall–Kier alpha value is -0.570. The van der Waals surface area contributed by atoms with Crippen molar-refractivity contribution in [1.82, 2.24) is 5.32 Å². The standard InChI is InChI=1S/C13H16ClNO/c14-12-7-10(13-8-15-4-5-16-13)6-9-2-1-3-11(9)12/h6-7,13,15H,1-5,8H2. The maximum Gasteiger partial charge on any atom is 0.0950 e. The first kappa shape index (κ1) is 10.6. The van der Waals surface area contributed by atoms with Crippen LogP contribution in [0.4, 0.5) is 0 Å². The van der Waals surface area contributed by atoms with Gasteiger partial charge in [-0.25, -0.2) is 0 Å². The van der Waals surface area contributed by atoms with Gasteiger partial charge in [-0.1, -0.05) is 17.7 Å². The predicted molar refractivity (Wildman–Crippen MR) is 65.0 cm³/mol. The van der Waals surface area contributed by atoms with Crippen molar-refractivity contribution in [3.63, 3.8) is 0 Å². The zero-order valence-corrected chi connectivity index (χ0v) is 10.0. The third-order valence-corrected chi connectivity index (χ3v) is 3.82. The van der Waals surface area contributed by atoms with Gasteiger partial charge >= 0.3 is 0 Å². The molecule has 0 amide bonds. The number of hydrogen-bond acceptors (Lipinski definition) is 2. The second-order valence-corrected chi connectivity index (χ2v) is 4.96. The normalized spacial score (nSPS) is 24.4. The number of halogens is 1. The second kappa shape index (κ2) is 4.36. The minimum absolute atomic E-state index is 0.178. The van der Waals surface area contributed by atoms with Gasteiger partial charge in [-0.15, -0.1) is 0 Å². The predicted octanol–water partition coefficient (Wildman–Crippen LogP) is 2.49. The summed E-state index contributed by atoms with van der Waals surface area (Å²) >= 11 is 6.32. The topological polar surface area (TPSA) is 21.3 Å². The number of benzene rings is 1. The summed E-state index contributed by atoms with van der Waals surface area (Å²) in [5.74, 6) is 0. The molecule has 1 atom stereocenters. The molecule has 1 aliphatic heterocycles. The van der Waals surface area contributed by atoms with Gasteiger partial charge in [0.25, 0.3) is 0 Å². The van der Waals surface area contributed by atoms with Crippen molar-refractivity contribution < 1.29 is 4.74 Å². The van der Waals surface area contributed by atoms with E-state index in [0.717, 1.165) is 31.1 Å². The van der Waals surface area contributed by atoms with Crippen molar-refractivity contribution in [2.24, 2.45) is 0 Å². The molecule has 1 N–H and O–H groups in total. The number of hydrogen-bond donors (Lipinski definition) is 1. The highest BCUT2D eigenvalue weighted by atomic mass is 35.5. The fourth-order valence-electron chi connectivity index (χ4n) is 2.64. The van der Waals surface area contributed by atoms with Crippen LogP contribution >= 0.6 is 11.6 Å². The van der Waals surface area contributed by atoms with Crippen LogP contribution in [0.2, 0.25) is 5.02 Å². The van der Waals surface area contributed by atoms with E-state index in [4.69, 9.17) is 16.3 Å². The van der Waals surface area contributed by atoms with E-state index in [9.17, 15) is 0 Å². The van der Waals surface area contributed by atoms with Crippen LogP contribution in [0.5, 0.6) is 0 Å². The van der Waals surface area contributed by atoms with Crippen molar-refractivity contribution in [2.75, 3.05) is 19.7 Å². The fraction of sp³-hybridized carbons (Fsp3) is 0.538. The molecule has 1 fully saturated rings. The number of fused-ring (bicyclic) bond motifs is 1. The zero-order valence-electron chi connectivity index (χ0n) is 9.26. The monoisotopic (exact) mass is 237 g/mol. The van der Waals surface area contributed by atoms with E-state index in [-0.39, 0.29) is 6.10 Å². The van der Waals surface area contributed by atoms with Crippen molar-refractivity contribution in [2.45, 2.75) is 25.4 Å². The van der Waals surface area contributed by atoms with E-state index >= 15 is 0 Å². The lowest BCUT2D eigenvalue weighted by Gasteiger charge is -2.24. The minimum Gasteiger partial charge on any atom is -0.371 e. The second-order valence-electron chi connectivity index (χ2n) is 4.56. The van der Waals surface area contributed by atoms with E-state index < -0.39 is 0 Å². The lowest BCUT2D eigenvalue weighted by molar-refractivity contribution is 0.0276. The van der Waals surface area contributed by atoms with Gasteiger partial charge in [0.05, 0.1) is 12.7 Å². The lowest BCUT2D eigenvalue weighted by atomic mass is 10.0. The largest absolute Gasteiger partial charge is 0.371 e. The minimum atomic E-state index is 0.178. The maximum atomic E-state index is 6.32. The summed E-state index contributed by atoms with van der Waals surface area (Å²) in [6.07, 6.45) is 3.72. The maximum absolute atomic E-state index is 6.32. The van der Waals surface area contributed by atoms with Crippen molar-refractivity contribution in [3.05, 3.63) is 33.8 Å². The molecule has 0 bridgehead atoms. The van der Waals surface area contributed by atoms with Crippen molar-refractivity contribution >= 4 is 11.6 Å². The molecule has 3 rings (SSSR count). The van der Waals surface area contributed by atoms with Crippen LogP contribution in [-0.4, -0.2) is 19.7 Å². The van der Waals surface area contributed by atoms with Crippen LogP contribution in [0.3, 0.4) is 0 Å². The molecule has 1 aromatic carbocycles. The molecular weight excluding hydrogens is 222 g/mol. The lowest BCUT2D eigenvalue weighted by Crippen LogP contribution is -2.33. The molecule has 0 aromatic heterocycles. The van der Waals surface area contributed by atoms with E-state index in [0.29, 0.717) is 0 Å². The van der Waals surface area contributed by atoms with Gasteiger partial charge in [0.2, 0.25) is 0 Å². The smallest absolute Gasteiger partial charge is 0.0950 e. The molecular formula is C13H16ClNO. The summed E-state index contributed by atoms with van der Waals surface area (Å²) in [5.41, 5.74) is 4.02. The summed E-state index contributed by atoms with van der Waals surface area (Å²) in [5, 5.41) is 4.28. The number of aryl methyl sites for hydroxylation is 1. The Labute approximate surface area is 101 Å². The molecule has 1 saturated heterocycles. The summed E-state index contributed by atoms with van der Waals surface area (Å²) < 4.78 is 5.76. The first-order valence-electron chi connectivity index (χ1n) is 5.98. The van der Waals surface area contributed by atoms with Crippen LogP contribution in [0.1, 0.15) is 29.2 Å². The van der Waals surface area contributed by atoms with E-state index in [2.05, 4.69) is 17.4 Å². The van der Waals surface area contributed by atoms with Crippen molar-refractivity contribution in [1.29, 1.82) is 0 Å². The van der Waals surface area contributed by atoms with Gasteiger partial charge in [0, 0.05) is 18.1 Å². The van der Waals surface area contributed by atoms with Gasteiger partial charge in [0.1, 0.15) is 0 Å². The molecule has 0 spiro atoms. The summed E-state index contributed by atoms with van der Waals surface area (Å²) in [6.45, 7) is 2.64. The highest BCUT2D eigenvalue weighted by Gasteiger charge is 2.20. The molecule has 16 heavy (non-hydrogen) atoms. The fourth-order valence-corrected chi connectivity index (χ4v) is 2.98. The van der Waals surface area contributed by atoms with Gasteiger partial charge in [0.15, 0.2) is 0 Å². The average molecular weight is 238 g/mol. The quantitative estimate of drug-likeness (QED) is 0.811. The molecule has 1 unspecified atom stereocenters. The molecule has 1 heterocycles. The number of ether oxygens (including phenoxy) is 1. The van der Waals surface area contributed by atoms with Gasteiger partial charge in [-0.3, -0.25) is 0 Å². The molecule has 0 radical (unpaired) electrons. The van der Waals surface area contributed by atoms with Gasteiger partial charge < -0.3 is 10.1 Å². The molecule has 2 aliphatic rings. The van der Waals surface area contributed by atoms with Crippen LogP contribution in [0, 0.1) is 0 Å². The molecule has 86 valence electrons. The van der Waals surface area contributed by atoms with Crippen LogP contribution < -0.4 is 5.32 Å². The average Bonchev–Trinajstić information content (AvgIpc) is 2.79. The van der Waals surface area contributed by atoms with E-state index in [1.165, 1.54) is 29.5 Å². The summed E-state index contributed by atoms with van der Waals surface area (Å²) in [4.78, 5) is 0. The summed E-state index contributed by atoms with van der Waals surface area (Å²) in [6, 6.07) is 4.37. The highest BCUT2D eigenvalue weighted by molar-refractivity contribution is 6.31. The Bertz CT molecular complexity index is 399. The molecule has 0 saturated carbocycles. The third kappa shape index (κ3) is 1.86. The zero-order chi connectivity index (χ0) is 11.0. The Morgan fingerprint density at radius 3 is 3.06 bits per heavy atom. The van der Waals surface area contributed by atoms with Crippen molar-refractivity contribution in [3.8, 4) is 0 Å². The van der Waals surface area contributed by atoms with E-state index in [1.54, 1.807) is 0 Å². The third-order valence-electron chi connectivity index (χ3n) is 3.48. The number of nitrogens with one attached hydrogen (secondary N) is 1. The molecule has 1 aliphatic carbocycles. The van der Waals surface area contributed by atoms with Crippen LogP contribution in [0.25, 0.3) is 0 Å². The van der Waals surface area contributed by atoms with Gasteiger partial charge in [-0.2, -0.15) is 0 Å². The van der Waals surface area contributed by atoms with Crippen LogP contribution in [-0.2, 0) is 17.6 Å². The Kier molecular flexibility index (Phi) is 2.88. The molecule has 1 aromatic rings. The summed E-state index contributed by atoms with van der Waals surface area (Å²) in [7, 11) is 0. The van der Waals surface area contributed by atoms with E-state index in [1.807, 2.05) is 0 Å². The molecule has 2 nitrogen and oxygen atoms in total. The first-order chi connectivity index (χ1) is 7.84. The number of morpholine rings is 1. The Morgan fingerprint density at radius 2 is 2.25 bits per heavy atom. The number of rotatable bonds is 1. The highest BCUT2D eigenvalue weighted by Crippen LogP contribution is 2.33. The van der Waals surface area contributed by atoms with Crippen LogP contribution in [0.15, 0.2) is 12.1 Å².